The maximum atomic E-state index is 13.7. The van der Waals surface area contributed by atoms with Gasteiger partial charge in [-0.1, -0.05) is 18.6 Å². The molecule has 2 atom stereocenters. The predicted molar refractivity (Wildman–Crippen MR) is 117 cm³/mol. The van der Waals surface area contributed by atoms with Gasteiger partial charge >= 0.3 is 6.18 Å². The van der Waals surface area contributed by atoms with E-state index in [0.29, 0.717) is 30.2 Å². The second kappa shape index (κ2) is 9.21. The first kappa shape index (κ1) is 22.8. The molecule has 2 aromatic heterocycles. The third-order valence-electron chi connectivity index (χ3n) is 6.01. The average molecular weight is 458 g/mol. The fourth-order valence-electron chi connectivity index (χ4n) is 4.20. The number of pyridine rings is 1. The number of likely N-dealkylation sites (tertiary alicyclic amines) is 1. The zero-order chi connectivity index (χ0) is 23.6. The van der Waals surface area contributed by atoms with Gasteiger partial charge in [0, 0.05) is 19.3 Å². The fourth-order valence-corrected chi connectivity index (χ4v) is 4.20. The normalized spacial score (nSPS) is 18.9. The number of carbonyl (C=O) groups excluding carboxylic acids is 1. The van der Waals surface area contributed by atoms with E-state index in [4.69, 9.17) is 0 Å². The topological polar surface area (TPSA) is 75.9 Å². The predicted octanol–water partition coefficient (Wildman–Crippen LogP) is 4.34. The summed E-state index contributed by atoms with van der Waals surface area (Å²) >= 11 is 0. The third-order valence-corrected chi connectivity index (χ3v) is 6.01. The van der Waals surface area contributed by atoms with E-state index in [9.17, 15) is 18.0 Å². The lowest BCUT2D eigenvalue weighted by Gasteiger charge is -2.40. The number of amides is 1. The number of carbonyl (C=O) groups is 1. The number of nitrogens with zero attached hydrogens (tertiary/aromatic N) is 5. The van der Waals surface area contributed by atoms with Crippen molar-refractivity contribution >= 4 is 11.7 Å². The van der Waals surface area contributed by atoms with Crippen LogP contribution in [-0.2, 0) is 6.18 Å². The van der Waals surface area contributed by atoms with Crippen molar-refractivity contribution in [1.82, 2.24) is 24.6 Å². The summed E-state index contributed by atoms with van der Waals surface area (Å²) in [5, 5.41) is 7.29. The van der Waals surface area contributed by atoms with E-state index in [1.807, 2.05) is 30.0 Å². The number of anilines is 1. The van der Waals surface area contributed by atoms with Gasteiger partial charge in [0.2, 0.25) is 0 Å². The van der Waals surface area contributed by atoms with Gasteiger partial charge in [-0.15, -0.1) is 0 Å². The second-order valence-corrected chi connectivity index (χ2v) is 8.36. The number of piperidine rings is 1. The highest BCUT2D eigenvalue weighted by Crippen LogP contribution is 2.30. The molecule has 1 aliphatic rings. The number of rotatable bonds is 5. The van der Waals surface area contributed by atoms with Gasteiger partial charge < -0.3 is 10.2 Å². The molecule has 3 heterocycles. The van der Waals surface area contributed by atoms with Crippen molar-refractivity contribution in [3.63, 3.8) is 0 Å². The molecule has 3 aromatic rings. The van der Waals surface area contributed by atoms with Crippen molar-refractivity contribution in [3.8, 4) is 5.69 Å². The highest BCUT2D eigenvalue weighted by Gasteiger charge is 2.34. The van der Waals surface area contributed by atoms with E-state index in [1.165, 1.54) is 12.4 Å². The summed E-state index contributed by atoms with van der Waals surface area (Å²) in [7, 11) is 0. The minimum Gasteiger partial charge on any atom is -0.368 e. The molecule has 1 unspecified atom stereocenters. The maximum Gasteiger partial charge on any atom is 0.417 e. The highest BCUT2D eigenvalue weighted by molar-refractivity contribution is 5.98. The lowest BCUT2D eigenvalue weighted by atomic mass is 9.89. The number of nitrogens with one attached hydrogen (secondary N) is 1. The quantitative estimate of drug-likeness (QED) is 0.616. The average Bonchev–Trinajstić information content (AvgIpc) is 3.32. The molecule has 1 aromatic carbocycles. The highest BCUT2D eigenvalue weighted by atomic mass is 19.4. The molecule has 1 amide bonds. The third kappa shape index (κ3) is 4.99. The summed E-state index contributed by atoms with van der Waals surface area (Å²) in [6.07, 6.45) is 1.19. The van der Waals surface area contributed by atoms with Gasteiger partial charge in [0.05, 0.1) is 22.9 Å². The van der Waals surface area contributed by atoms with Crippen molar-refractivity contribution in [2.75, 3.05) is 18.4 Å². The van der Waals surface area contributed by atoms with Gasteiger partial charge in [0.1, 0.15) is 18.5 Å². The van der Waals surface area contributed by atoms with E-state index in [2.05, 4.69) is 27.3 Å². The molecular weight excluding hydrogens is 433 g/mol. The van der Waals surface area contributed by atoms with Crippen LogP contribution >= 0.6 is 0 Å². The van der Waals surface area contributed by atoms with Crippen LogP contribution in [0.1, 0.15) is 41.3 Å². The Hall–Kier alpha value is -3.43. The molecular formula is C23H25F3N6O. The van der Waals surface area contributed by atoms with Gasteiger partial charge in [0.15, 0.2) is 0 Å². The van der Waals surface area contributed by atoms with Crippen molar-refractivity contribution in [1.29, 1.82) is 0 Å². The van der Waals surface area contributed by atoms with Crippen LogP contribution in [0.2, 0.25) is 0 Å². The summed E-state index contributed by atoms with van der Waals surface area (Å²) in [4.78, 5) is 23.4. The Balaban J connectivity index is 1.55. The van der Waals surface area contributed by atoms with Crippen LogP contribution < -0.4 is 5.32 Å². The fraction of sp³-hybridized carbons (Fsp3) is 0.391. The Bertz CT molecular complexity index is 1100. The van der Waals surface area contributed by atoms with Crippen LogP contribution in [0.3, 0.4) is 0 Å². The lowest BCUT2D eigenvalue weighted by Crippen LogP contribution is -2.51. The van der Waals surface area contributed by atoms with Crippen LogP contribution in [0.4, 0.5) is 19.0 Å². The van der Waals surface area contributed by atoms with Crippen molar-refractivity contribution in [3.05, 3.63) is 65.9 Å². The first-order valence-corrected chi connectivity index (χ1v) is 10.8. The molecule has 1 fully saturated rings. The minimum absolute atomic E-state index is 0.108. The molecule has 0 radical (unpaired) electrons. The maximum absolute atomic E-state index is 13.7. The first-order chi connectivity index (χ1) is 15.7. The monoisotopic (exact) mass is 458 g/mol. The van der Waals surface area contributed by atoms with Crippen molar-refractivity contribution < 1.29 is 18.0 Å². The lowest BCUT2D eigenvalue weighted by molar-refractivity contribution is -0.137. The van der Waals surface area contributed by atoms with Crippen LogP contribution in [0.15, 0.2) is 49.2 Å². The summed E-state index contributed by atoms with van der Waals surface area (Å²) in [6, 6.07) is 7.79. The van der Waals surface area contributed by atoms with E-state index in [0.717, 1.165) is 30.7 Å². The molecule has 7 nitrogen and oxygen atoms in total. The largest absolute Gasteiger partial charge is 0.417 e. The number of halogens is 3. The number of hydrogen-bond acceptors (Lipinski definition) is 5. The van der Waals surface area contributed by atoms with Crippen molar-refractivity contribution in [2.24, 2.45) is 5.92 Å². The number of aryl methyl sites for hydroxylation is 1. The van der Waals surface area contributed by atoms with Crippen LogP contribution in [0.5, 0.6) is 0 Å². The van der Waals surface area contributed by atoms with E-state index in [-0.39, 0.29) is 17.9 Å². The molecule has 1 aliphatic heterocycles. The molecule has 0 spiro atoms. The van der Waals surface area contributed by atoms with Gasteiger partial charge in [0.25, 0.3) is 5.91 Å². The molecule has 10 heteroatoms. The molecule has 0 bridgehead atoms. The SMILES string of the molecule is Cc1ccc(-n2cncn2)c(C(=O)N2CCC[C@@H](C)C2CNc2ccc(C(F)(F)F)cn2)c1. The Morgan fingerprint density at radius 1 is 1.24 bits per heavy atom. The Morgan fingerprint density at radius 3 is 2.73 bits per heavy atom. The molecule has 174 valence electrons. The van der Waals surface area contributed by atoms with Gasteiger partial charge in [-0.2, -0.15) is 18.3 Å². The Labute approximate surface area is 189 Å². The summed E-state index contributed by atoms with van der Waals surface area (Å²) in [5.74, 6) is 0.444. The summed E-state index contributed by atoms with van der Waals surface area (Å²) in [6.45, 7) is 4.99. The zero-order valence-electron chi connectivity index (χ0n) is 18.4. The second-order valence-electron chi connectivity index (χ2n) is 8.36. The standard InChI is InChI=1S/C23H25F3N6O/c1-15-5-7-19(32-14-27-13-30-32)18(10-15)22(33)31-9-3-4-16(2)20(31)12-29-21-8-6-17(11-28-21)23(24,25)26/h5-8,10-11,13-14,16,20H,3-4,9,12H2,1-2H3,(H,28,29)/t16-,20?/m1/s1. The van der Waals surface area contributed by atoms with E-state index >= 15 is 0 Å². The number of alkyl halides is 3. The molecule has 1 N–H and O–H groups in total. The van der Waals surface area contributed by atoms with E-state index < -0.39 is 11.7 Å². The van der Waals surface area contributed by atoms with Crippen molar-refractivity contribution in [2.45, 2.75) is 38.9 Å². The zero-order valence-corrected chi connectivity index (χ0v) is 18.4. The molecule has 4 rings (SSSR count). The van der Waals surface area contributed by atoms with Crippen LogP contribution in [-0.4, -0.2) is 49.7 Å². The Morgan fingerprint density at radius 2 is 2.06 bits per heavy atom. The molecule has 0 saturated carbocycles. The first-order valence-electron chi connectivity index (χ1n) is 10.8. The van der Waals surface area contributed by atoms with Gasteiger partial charge in [-0.25, -0.2) is 14.6 Å². The number of aromatic nitrogens is 4. The van der Waals surface area contributed by atoms with Crippen LogP contribution in [0.25, 0.3) is 5.69 Å². The number of benzene rings is 1. The van der Waals surface area contributed by atoms with Gasteiger partial charge in [-0.05, 0) is 49.9 Å². The molecule has 1 saturated heterocycles. The van der Waals surface area contributed by atoms with Gasteiger partial charge in [-0.3, -0.25) is 4.79 Å². The summed E-state index contributed by atoms with van der Waals surface area (Å²) in [5.41, 5.74) is 1.34. The smallest absolute Gasteiger partial charge is 0.368 e. The molecule has 0 aliphatic carbocycles. The minimum atomic E-state index is -4.43. The van der Waals surface area contributed by atoms with E-state index in [1.54, 1.807) is 11.0 Å². The number of hydrogen-bond donors (Lipinski definition) is 1. The summed E-state index contributed by atoms with van der Waals surface area (Å²) < 4.78 is 40.0. The molecule has 33 heavy (non-hydrogen) atoms. The Kier molecular flexibility index (Phi) is 6.35. The van der Waals surface area contributed by atoms with Crippen LogP contribution in [0, 0.1) is 12.8 Å².